The molecule has 6 nitrogen and oxygen atoms in total. The first kappa shape index (κ1) is 23.1. The van der Waals surface area contributed by atoms with Gasteiger partial charge in [-0.3, -0.25) is 0 Å². The highest BCUT2D eigenvalue weighted by atomic mass is 79.9. The Balaban J connectivity index is 1.47. The van der Waals surface area contributed by atoms with Crippen molar-refractivity contribution in [2.75, 3.05) is 5.32 Å². The van der Waals surface area contributed by atoms with Crippen molar-refractivity contribution < 1.29 is 9.84 Å². The maximum absolute atomic E-state index is 9.64. The van der Waals surface area contributed by atoms with E-state index in [4.69, 9.17) is 4.74 Å². The molecule has 3 aromatic carbocycles. The number of phenolic OH excluding ortho intramolecular Hbond substituents is 1. The number of phenols is 1. The van der Waals surface area contributed by atoms with E-state index < -0.39 is 0 Å². The molecule has 35 heavy (non-hydrogen) atoms. The molecule has 0 bridgehead atoms. The third-order valence-electron chi connectivity index (χ3n) is 5.22. The van der Waals surface area contributed by atoms with E-state index in [1.54, 1.807) is 23.9 Å². The normalized spacial score (nSPS) is 10.9. The van der Waals surface area contributed by atoms with Crippen molar-refractivity contribution in [2.45, 2.75) is 23.3 Å². The van der Waals surface area contributed by atoms with Crippen LogP contribution in [0, 0.1) is 6.92 Å². The zero-order valence-electron chi connectivity index (χ0n) is 18.8. The number of anilines is 2. The smallest absolute Gasteiger partial charge is 0.164 e. The topological polar surface area (TPSA) is 80.2 Å². The quantitative estimate of drug-likeness (QED) is 0.223. The summed E-state index contributed by atoms with van der Waals surface area (Å²) in [5.74, 6) is 1.64. The molecular weight excluding hydrogens is 524 g/mol. The number of aromatic nitrogens is 3. The molecule has 0 amide bonds. The Labute approximate surface area is 215 Å². The first-order valence-corrected chi connectivity index (χ1v) is 12.5. The van der Waals surface area contributed by atoms with Gasteiger partial charge in [0.2, 0.25) is 0 Å². The Morgan fingerprint density at radius 3 is 2.54 bits per heavy atom. The molecule has 0 radical (unpaired) electrons. The largest absolute Gasteiger partial charge is 0.508 e. The lowest BCUT2D eigenvalue weighted by atomic mass is 10.2. The van der Waals surface area contributed by atoms with Crippen LogP contribution in [-0.2, 0) is 6.61 Å². The van der Waals surface area contributed by atoms with Crippen LogP contribution in [0.5, 0.6) is 11.5 Å². The van der Waals surface area contributed by atoms with Crippen LogP contribution in [-0.4, -0.2) is 20.1 Å². The molecule has 0 aliphatic heterocycles. The Hall–Kier alpha value is -3.62. The van der Waals surface area contributed by atoms with Crippen molar-refractivity contribution in [3.63, 3.8) is 0 Å². The van der Waals surface area contributed by atoms with E-state index in [-0.39, 0.29) is 5.75 Å². The van der Waals surface area contributed by atoms with E-state index in [1.807, 2.05) is 73.7 Å². The van der Waals surface area contributed by atoms with Crippen molar-refractivity contribution >= 4 is 50.2 Å². The number of rotatable bonds is 7. The summed E-state index contributed by atoms with van der Waals surface area (Å²) in [6.45, 7) is 2.39. The molecule has 0 unspecified atom stereocenters. The number of benzene rings is 3. The molecule has 0 aliphatic rings. The molecule has 5 rings (SSSR count). The third kappa shape index (κ3) is 5.72. The minimum atomic E-state index is 0.236. The van der Waals surface area contributed by atoms with E-state index >= 15 is 0 Å². The summed E-state index contributed by atoms with van der Waals surface area (Å²) in [5, 5.41) is 13.9. The van der Waals surface area contributed by atoms with Crippen LogP contribution >= 0.6 is 27.7 Å². The molecule has 2 heterocycles. The number of hydrogen-bond acceptors (Lipinski definition) is 7. The van der Waals surface area contributed by atoms with Gasteiger partial charge in [-0.05, 0) is 73.2 Å². The first-order chi connectivity index (χ1) is 17.0. The van der Waals surface area contributed by atoms with Gasteiger partial charge in [-0.15, -0.1) is 0 Å². The fraction of sp³-hybridized carbons (Fsp3) is 0.0741. The van der Waals surface area contributed by atoms with Crippen molar-refractivity contribution in [3.8, 4) is 11.5 Å². The SMILES string of the molecule is Cc1ccc2c(Nc3cc(OCc4ccc(Br)cc4)ccc3Sc3ccc(O)cc3)ncnc2n1. The predicted molar refractivity (Wildman–Crippen MR) is 142 cm³/mol. The molecule has 5 aromatic rings. The van der Waals surface area contributed by atoms with Crippen molar-refractivity contribution in [1.82, 2.24) is 15.0 Å². The zero-order valence-corrected chi connectivity index (χ0v) is 21.2. The molecule has 2 aromatic heterocycles. The highest BCUT2D eigenvalue weighted by Crippen LogP contribution is 2.38. The molecule has 174 valence electrons. The maximum atomic E-state index is 9.64. The lowest BCUT2D eigenvalue weighted by Crippen LogP contribution is -2.00. The van der Waals surface area contributed by atoms with E-state index in [2.05, 4.69) is 36.2 Å². The number of aryl methyl sites for hydroxylation is 1. The zero-order chi connectivity index (χ0) is 24.2. The summed E-state index contributed by atoms with van der Waals surface area (Å²) in [4.78, 5) is 15.3. The average Bonchev–Trinajstić information content (AvgIpc) is 2.86. The van der Waals surface area contributed by atoms with Gasteiger partial charge in [0.05, 0.1) is 11.1 Å². The Bertz CT molecular complexity index is 1480. The van der Waals surface area contributed by atoms with Gasteiger partial charge in [0, 0.05) is 26.0 Å². The highest BCUT2D eigenvalue weighted by molar-refractivity contribution is 9.10. The minimum absolute atomic E-state index is 0.236. The highest BCUT2D eigenvalue weighted by Gasteiger charge is 2.12. The second kappa shape index (κ2) is 10.3. The number of nitrogens with one attached hydrogen (secondary N) is 1. The van der Waals surface area contributed by atoms with Crippen LogP contribution in [0.1, 0.15) is 11.3 Å². The van der Waals surface area contributed by atoms with Gasteiger partial charge in [0.15, 0.2) is 5.65 Å². The molecule has 0 saturated heterocycles. The number of nitrogens with zero attached hydrogens (tertiary/aromatic N) is 3. The fourth-order valence-corrected chi connectivity index (χ4v) is 4.58. The summed E-state index contributed by atoms with van der Waals surface area (Å²) in [6.07, 6.45) is 1.51. The lowest BCUT2D eigenvalue weighted by Gasteiger charge is -2.15. The van der Waals surface area contributed by atoms with Crippen LogP contribution in [0.15, 0.2) is 99.5 Å². The van der Waals surface area contributed by atoms with Crippen LogP contribution in [0.2, 0.25) is 0 Å². The van der Waals surface area contributed by atoms with E-state index in [0.29, 0.717) is 18.1 Å². The number of hydrogen-bond donors (Lipinski definition) is 2. The fourth-order valence-electron chi connectivity index (χ4n) is 3.44. The average molecular weight is 545 g/mol. The van der Waals surface area contributed by atoms with Crippen LogP contribution < -0.4 is 10.1 Å². The third-order valence-corrected chi connectivity index (χ3v) is 6.84. The lowest BCUT2D eigenvalue weighted by molar-refractivity contribution is 0.306. The molecular formula is C27H21BrN4O2S. The number of halogens is 1. The molecule has 8 heteroatoms. The molecule has 0 spiro atoms. The van der Waals surface area contributed by atoms with Gasteiger partial charge < -0.3 is 15.2 Å². The van der Waals surface area contributed by atoms with Gasteiger partial charge in [0.25, 0.3) is 0 Å². The van der Waals surface area contributed by atoms with Gasteiger partial charge in [0.1, 0.15) is 30.3 Å². The van der Waals surface area contributed by atoms with Crippen molar-refractivity contribution in [2.24, 2.45) is 0 Å². The molecule has 0 saturated carbocycles. The second-order valence-electron chi connectivity index (χ2n) is 7.84. The number of ether oxygens (including phenoxy) is 1. The molecule has 0 fully saturated rings. The molecule has 0 atom stereocenters. The summed E-state index contributed by atoms with van der Waals surface area (Å²) >= 11 is 5.04. The van der Waals surface area contributed by atoms with Crippen molar-refractivity contribution in [1.29, 1.82) is 0 Å². The first-order valence-electron chi connectivity index (χ1n) is 10.9. The maximum Gasteiger partial charge on any atom is 0.164 e. The standard InChI is InChI=1S/C27H21BrN4O2S/c1-17-2-12-23-26(31-17)29-16-30-27(23)32-24-14-21(34-15-18-3-5-19(28)6-4-18)9-13-25(24)35-22-10-7-20(33)8-11-22/h2-14,16,33H,15H2,1H3,(H,29,30,31,32). The van der Waals surface area contributed by atoms with Crippen LogP contribution in [0.25, 0.3) is 11.0 Å². The van der Waals surface area contributed by atoms with E-state index in [9.17, 15) is 5.11 Å². The van der Waals surface area contributed by atoms with Crippen molar-refractivity contribution in [3.05, 3.63) is 101 Å². The van der Waals surface area contributed by atoms with E-state index in [0.717, 1.165) is 42.3 Å². The number of pyridine rings is 1. The Kier molecular flexibility index (Phi) is 6.83. The van der Waals surface area contributed by atoms with Crippen LogP contribution in [0.3, 0.4) is 0 Å². The number of fused-ring (bicyclic) bond motifs is 1. The molecule has 2 N–H and O–H groups in total. The number of aromatic hydroxyl groups is 1. The monoisotopic (exact) mass is 544 g/mol. The summed E-state index contributed by atoms with van der Waals surface area (Å²) in [6, 6.07) is 25.0. The Morgan fingerprint density at radius 2 is 1.74 bits per heavy atom. The molecule has 0 aliphatic carbocycles. The van der Waals surface area contributed by atoms with Crippen LogP contribution in [0.4, 0.5) is 11.5 Å². The van der Waals surface area contributed by atoms with Gasteiger partial charge >= 0.3 is 0 Å². The summed E-state index contributed by atoms with van der Waals surface area (Å²) < 4.78 is 7.12. The van der Waals surface area contributed by atoms with Gasteiger partial charge in [-0.25, -0.2) is 15.0 Å². The Morgan fingerprint density at radius 1 is 0.943 bits per heavy atom. The minimum Gasteiger partial charge on any atom is -0.508 e. The summed E-state index contributed by atoms with van der Waals surface area (Å²) in [5.41, 5.74) is 3.46. The second-order valence-corrected chi connectivity index (χ2v) is 9.87. The summed E-state index contributed by atoms with van der Waals surface area (Å²) in [7, 11) is 0. The predicted octanol–water partition coefficient (Wildman–Crippen LogP) is 7.28. The van der Waals surface area contributed by atoms with E-state index in [1.165, 1.54) is 6.33 Å². The van der Waals surface area contributed by atoms with Gasteiger partial charge in [-0.2, -0.15) is 0 Å². The van der Waals surface area contributed by atoms with Gasteiger partial charge in [-0.1, -0.05) is 39.8 Å².